The molecule has 17 heteroatoms. The van der Waals surface area contributed by atoms with Crippen molar-refractivity contribution in [1.82, 2.24) is 10.2 Å². The topological polar surface area (TPSA) is 126 Å². The Morgan fingerprint density at radius 3 is 2.28 bits per heavy atom. The van der Waals surface area contributed by atoms with Crippen LogP contribution in [0.3, 0.4) is 0 Å². The molecule has 4 rings (SSSR count). The van der Waals surface area contributed by atoms with E-state index < -0.39 is 99.0 Å². The van der Waals surface area contributed by atoms with Crippen molar-refractivity contribution >= 4 is 33.4 Å². The Morgan fingerprint density at radius 2 is 1.79 bits per heavy atom. The van der Waals surface area contributed by atoms with Crippen molar-refractivity contribution < 1.29 is 53.8 Å². The molecule has 3 fully saturated rings. The van der Waals surface area contributed by atoms with Crippen molar-refractivity contribution in [3.63, 3.8) is 0 Å². The Labute approximate surface area is 222 Å². The van der Waals surface area contributed by atoms with Crippen LogP contribution >= 0.6 is 11.6 Å². The van der Waals surface area contributed by atoms with Crippen molar-refractivity contribution in [2.45, 2.75) is 66.4 Å². The number of alkyl carbamates (subject to hydrolysis) is 1. The maximum Gasteiger partial charge on any atom is 0.422 e. The SMILES string of the molecule is N#CC1(NC(=O)O[C@@H]2C[C@H](S(=O)(=O)c3ccc(OCC(F)(F)F)cc3Cl)CN2C(=O)C2(C(F)(F)F)CC2)CC1. The second-order valence-corrected chi connectivity index (χ2v) is 12.2. The highest BCUT2D eigenvalue weighted by atomic mass is 35.5. The number of halogens is 7. The first-order valence-electron chi connectivity index (χ1n) is 11.4. The number of benzene rings is 1. The van der Waals surface area contributed by atoms with Crippen molar-refractivity contribution in [2.24, 2.45) is 5.41 Å². The average Bonchev–Trinajstić information content (AvgIpc) is 3.74. The van der Waals surface area contributed by atoms with Gasteiger partial charge in [-0.25, -0.2) is 13.2 Å². The van der Waals surface area contributed by atoms with Crippen LogP contribution in [-0.4, -0.2) is 67.8 Å². The number of sulfone groups is 1. The maximum absolute atomic E-state index is 13.7. The third-order valence-corrected chi connectivity index (χ3v) is 9.39. The van der Waals surface area contributed by atoms with Gasteiger partial charge in [0.25, 0.3) is 0 Å². The molecule has 2 atom stereocenters. The van der Waals surface area contributed by atoms with Crippen molar-refractivity contribution in [2.75, 3.05) is 13.2 Å². The number of hydrogen-bond donors (Lipinski definition) is 1. The number of ether oxygens (including phenoxy) is 2. The zero-order valence-electron chi connectivity index (χ0n) is 19.7. The number of rotatable bonds is 7. The van der Waals surface area contributed by atoms with Gasteiger partial charge in [0.1, 0.15) is 16.7 Å². The summed E-state index contributed by atoms with van der Waals surface area (Å²) in [4.78, 5) is 25.4. The Hall–Kier alpha value is -2.93. The molecule has 0 bridgehead atoms. The van der Waals surface area contributed by atoms with E-state index in [1.165, 1.54) is 0 Å². The Kier molecular flexibility index (Phi) is 7.16. The molecule has 0 aromatic heterocycles. The summed E-state index contributed by atoms with van der Waals surface area (Å²) in [7, 11) is -4.50. The first kappa shape index (κ1) is 29.1. The fraction of sp³-hybridized carbons (Fsp3) is 0.591. The third-order valence-electron chi connectivity index (χ3n) is 6.77. The molecule has 1 aliphatic heterocycles. The van der Waals surface area contributed by atoms with Gasteiger partial charge in [0.15, 0.2) is 22.7 Å². The summed E-state index contributed by atoms with van der Waals surface area (Å²) >= 11 is 6.00. The molecular formula is C22H20ClF6N3O6S. The van der Waals surface area contributed by atoms with Crippen LogP contribution in [0.4, 0.5) is 31.1 Å². The lowest BCUT2D eigenvalue weighted by molar-refractivity contribution is -0.201. The van der Waals surface area contributed by atoms with Crippen LogP contribution in [0, 0.1) is 16.7 Å². The highest BCUT2D eigenvalue weighted by molar-refractivity contribution is 7.92. The summed E-state index contributed by atoms with van der Waals surface area (Å²) in [5.41, 5.74) is -3.94. The number of nitriles is 1. The number of carbonyl (C=O) groups excluding carboxylic acids is 2. The molecule has 214 valence electrons. The zero-order chi connectivity index (χ0) is 29.0. The Bertz CT molecular complexity index is 1320. The van der Waals surface area contributed by atoms with Crippen LogP contribution in [0.2, 0.25) is 5.02 Å². The van der Waals surface area contributed by atoms with Crippen LogP contribution in [0.1, 0.15) is 32.1 Å². The van der Waals surface area contributed by atoms with E-state index in [0.29, 0.717) is 17.7 Å². The van der Waals surface area contributed by atoms with Gasteiger partial charge in [-0.3, -0.25) is 4.79 Å². The van der Waals surface area contributed by atoms with Gasteiger partial charge >= 0.3 is 18.4 Å². The maximum atomic E-state index is 13.7. The summed E-state index contributed by atoms with van der Waals surface area (Å²) < 4.78 is 115. The molecule has 1 N–H and O–H groups in total. The van der Waals surface area contributed by atoms with Crippen LogP contribution in [0.5, 0.6) is 5.75 Å². The second kappa shape index (κ2) is 9.61. The smallest absolute Gasteiger partial charge is 0.422 e. The molecule has 2 amide bonds. The first-order chi connectivity index (χ1) is 17.9. The lowest BCUT2D eigenvalue weighted by Gasteiger charge is -2.29. The van der Waals surface area contributed by atoms with E-state index >= 15 is 0 Å². The average molecular weight is 604 g/mol. The monoisotopic (exact) mass is 603 g/mol. The second-order valence-electron chi connectivity index (χ2n) is 9.62. The molecule has 0 spiro atoms. The van der Waals surface area contributed by atoms with E-state index in [1.807, 2.05) is 6.07 Å². The van der Waals surface area contributed by atoms with Gasteiger partial charge in [-0.2, -0.15) is 31.6 Å². The molecule has 3 aliphatic rings. The molecule has 39 heavy (non-hydrogen) atoms. The van der Waals surface area contributed by atoms with Gasteiger partial charge in [-0.05, 0) is 37.8 Å². The van der Waals surface area contributed by atoms with Crippen molar-refractivity contribution in [3.05, 3.63) is 23.2 Å². The molecule has 1 saturated heterocycles. The predicted molar refractivity (Wildman–Crippen MR) is 119 cm³/mol. The molecule has 1 heterocycles. The van der Waals surface area contributed by atoms with Gasteiger partial charge in [0, 0.05) is 19.0 Å². The third kappa shape index (κ3) is 5.84. The largest absolute Gasteiger partial charge is 0.484 e. The minimum atomic E-state index is -4.93. The van der Waals surface area contributed by atoms with Gasteiger partial charge in [0.05, 0.1) is 21.2 Å². The van der Waals surface area contributed by atoms with E-state index in [9.17, 15) is 44.3 Å². The highest BCUT2D eigenvalue weighted by Crippen LogP contribution is 2.59. The number of carbonyl (C=O) groups is 2. The lowest BCUT2D eigenvalue weighted by atomic mass is 10.1. The lowest BCUT2D eigenvalue weighted by Crippen LogP contribution is -2.49. The Balaban J connectivity index is 1.58. The normalized spacial score (nSPS) is 23.5. The van der Waals surface area contributed by atoms with Crippen molar-refractivity contribution in [3.8, 4) is 11.8 Å². The van der Waals surface area contributed by atoms with Crippen LogP contribution in [0.15, 0.2) is 23.1 Å². The molecule has 1 aromatic carbocycles. The van der Waals surface area contributed by atoms with Crippen LogP contribution < -0.4 is 10.1 Å². The highest BCUT2D eigenvalue weighted by Gasteiger charge is 2.70. The molecule has 2 aliphatic carbocycles. The summed E-state index contributed by atoms with van der Waals surface area (Å²) in [5, 5.41) is 9.31. The quantitative estimate of drug-likeness (QED) is 0.465. The minimum Gasteiger partial charge on any atom is -0.484 e. The van der Waals surface area contributed by atoms with Crippen LogP contribution in [0.25, 0.3) is 0 Å². The van der Waals surface area contributed by atoms with Gasteiger partial charge < -0.3 is 19.7 Å². The number of alkyl halides is 6. The molecule has 2 saturated carbocycles. The van der Waals surface area contributed by atoms with E-state index in [1.54, 1.807) is 0 Å². The van der Waals surface area contributed by atoms with E-state index in [4.69, 9.17) is 21.6 Å². The number of hydrogen-bond acceptors (Lipinski definition) is 7. The summed E-state index contributed by atoms with van der Waals surface area (Å²) in [6.45, 7) is -2.44. The summed E-state index contributed by atoms with van der Waals surface area (Å²) in [5.74, 6) is -1.83. The van der Waals surface area contributed by atoms with Gasteiger partial charge in [-0.1, -0.05) is 11.6 Å². The fourth-order valence-electron chi connectivity index (χ4n) is 4.22. The van der Waals surface area contributed by atoms with Gasteiger partial charge in [0.2, 0.25) is 5.91 Å². The van der Waals surface area contributed by atoms with Crippen LogP contribution in [-0.2, 0) is 19.4 Å². The van der Waals surface area contributed by atoms with Gasteiger partial charge in [-0.15, -0.1) is 0 Å². The molecular weight excluding hydrogens is 584 g/mol. The number of likely N-dealkylation sites (tertiary alicyclic amines) is 1. The molecule has 0 unspecified atom stereocenters. The number of nitrogens with zero attached hydrogens (tertiary/aromatic N) is 2. The molecule has 0 radical (unpaired) electrons. The van der Waals surface area contributed by atoms with E-state index in [2.05, 4.69) is 10.1 Å². The number of amides is 2. The zero-order valence-corrected chi connectivity index (χ0v) is 21.3. The van der Waals surface area contributed by atoms with Crippen molar-refractivity contribution in [1.29, 1.82) is 5.26 Å². The number of nitrogens with one attached hydrogen (secondary N) is 1. The standard InChI is InChI=1S/C22H20ClF6N3O6S/c23-14-7-12(37-11-21(24,25)26)1-2-15(14)39(35,36)13-8-16(38-18(34)31-19(10-30)3-4-19)32(9-13)17(33)20(5-6-20)22(27,28)29/h1-2,7,13,16H,3-6,8-9,11H2,(H,31,34)/t13-,16+/m0/s1. The first-order valence-corrected chi connectivity index (χ1v) is 13.4. The van der Waals surface area contributed by atoms with E-state index in [-0.39, 0.29) is 5.75 Å². The Morgan fingerprint density at radius 1 is 1.15 bits per heavy atom. The molecule has 9 nitrogen and oxygen atoms in total. The summed E-state index contributed by atoms with van der Waals surface area (Å²) in [6.07, 6.45) is -13.6. The van der Waals surface area contributed by atoms with E-state index in [0.717, 1.165) is 18.2 Å². The summed E-state index contributed by atoms with van der Waals surface area (Å²) in [6, 6.07) is 4.48. The predicted octanol–water partition coefficient (Wildman–Crippen LogP) is 4.11. The molecule has 1 aromatic rings. The minimum absolute atomic E-state index is 0.307. The fourth-order valence-corrected chi connectivity index (χ4v) is 6.43.